The third-order valence-electron chi connectivity index (χ3n) is 7.26. The van der Waals surface area contributed by atoms with Gasteiger partial charge in [0.15, 0.2) is 0 Å². The van der Waals surface area contributed by atoms with Crippen molar-refractivity contribution in [2.45, 2.75) is 71.6 Å². The lowest BCUT2D eigenvalue weighted by Gasteiger charge is -2.35. The highest BCUT2D eigenvalue weighted by Gasteiger charge is 2.63. The molecule has 2 amide bonds. The zero-order chi connectivity index (χ0) is 23.0. The summed E-state index contributed by atoms with van der Waals surface area (Å²) in [6, 6.07) is 0. The van der Waals surface area contributed by atoms with Crippen molar-refractivity contribution in [2.24, 2.45) is 23.2 Å². The normalized spacial score (nSPS) is 27.5. The molecule has 0 aromatic heterocycles. The first-order valence-corrected chi connectivity index (χ1v) is 11.9. The summed E-state index contributed by atoms with van der Waals surface area (Å²) in [6.45, 7) is 16.8. The molecule has 4 unspecified atom stereocenters. The Kier molecular flexibility index (Phi) is 9.54. The van der Waals surface area contributed by atoms with Gasteiger partial charge < -0.3 is 9.84 Å². The topological polar surface area (TPSA) is 66.8 Å². The first kappa shape index (κ1) is 25.4. The number of aliphatic hydroxyl groups is 1. The first-order chi connectivity index (χ1) is 14.8. The Hall–Kier alpha value is -1.88. The molecule has 0 aromatic carbocycles. The van der Waals surface area contributed by atoms with E-state index < -0.39 is 11.3 Å². The highest BCUT2D eigenvalue weighted by Crippen LogP contribution is 2.56. The number of unbranched alkanes of at least 4 members (excludes halogenated alkanes) is 7. The molecular weight excluding hydrogens is 390 g/mol. The van der Waals surface area contributed by atoms with E-state index in [-0.39, 0.29) is 30.3 Å². The van der Waals surface area contributed by atoms with E-state index >= 15 is 0 Å². The van der Waals surface area contributed by atoms with Crippen LogP contribution in [-0.2, 0) is 14.3 Å². The number of rotatable bonds is 15. The number of carbonyl (C=O) groups excluding carboxylic acids is 2. The quantitative estimate of drug-likeness (QED) is 0.130. The molecule has 4 atom stereocenters. The predicted octanol–water partition coefficient (Wildman–Crippen LogP) is 5.02. The van der Waals surface area contributed by atoms with Gasteiger partial charge in [-0.05, 0) is 37.7 Å². The molecule has 1 aliphatic carbocycles. The Morgan fingerprint density at radius 3 is 2.23 bits per heavy atom. The van der Waals surface area contributed by atoms with Crippen LogP contribution < -0.4 is 0 Å². The molecular formula is C26H41NO4. The minimum atomic E-state index is -0.556. The number of aliphatic hydroxyl groups excluding tert-OH is 1. The minimum Gasteiger partial charge on any atom is -0.493 e. The van der Waals surface area contributed by atoms with Crippen LogP contribution in [0.3, 0.4) is 0 Å². The van der Waals surface area contributed by atoms with Gasteiger partial charge in [-0.15, -0.1) is 6.58 Å². The van der Waals surface area contributed by atoms with Crippen molar-refractivity contribution in [3.63, 3.8) is 0 Å². The number of likely N-dealkylation sites (tertiary alicyclic amines) is 1. The summed E-state index contributed by atoms with van der Waals surface area (Å²) >= 11 is 0. The van der Waals surface area contributed by atoms with Gasteiger partial charge in [0.1, 0.15) is 5.76 Å². The van der Waals surface area contributed by atoms with Gasteiger partial charge in [-0.3, -0.25) is 14.5 Å². The van der Waals surface area contributed by atoms with Crippen molar-refractivity contribution in [3.8, 4) is 0 Å². The highest BCUT2D eigenvalue weighted by molar-refractivity contribution is 6.06. The molecule has 0 bridgehead atoms. The number of carbonyl (C=O) groups is 2. The zero-order valence-electron chi connectivity index (χ0n) is 19.5. The van der Waals surface area contributed by atoms with Gasteiger partial charge in [-0.2, -0.15) is 0 Å². The van der Waals surface area contributed by atoms with Crippen LogP contribution in [0.1, 0.15) is 71.6 Å². The Morgan fingerprint density at radius 1 is 1.10 bits per heavy atom. The summed E-state index contributed by atoms with van der Waals surface area (Å²) < 4.78 is 5.88. The van der Waals surface area contributed by atoms with Crippen LogP contribution in [0.15, 0.2) is 37.1 Å². The molecule has 5 nitrogen and oxygen atoms in total. The minimum absolute atomic E-state index is 0.0201. The van der Waals surface area contributed by atoms with E-state index in [2.05, 4.69) is 26.7 Å². The van der Waals surface area contributed by atoms with E-state index in [1.54, 1.807) is 0 Å². The number of nitrogens with zero attached hydrogens (tertiary/aromatic N) is 1. The lowest BCUT2D eigenvalue weighted by atomic mass is 9.72. The molecule has 1 N–H and O–H groups in total. The lowest BCUT2D eigenvalue weighted by Crippen LogP contribution is -2.41. The van der Waals surface area contributed by atoms with Crippen LogP contribution >= 0.6 is 0 Å². The van der Waals surface area contributed by atoms with Crippen molar-refractivity contribution in [2.75, 3.05) is 19.8 Å². The summed E-state index contributed by atoms with van der Waals surface area (Å²) in [5.74, 6) is -0.0903. The van der Waals surface area contributed by atoms with Gasteiger partial charge in [0.05, 0.1) is 18.4 Å². The van der Waals surface area contributed by atoms with Crippen LogP contribution in [0.25, 0.3) is 0 Å². The van der Waals surface area contributed by atoms with Crippen molar-refractivity contribution in [3.05, 3.63) is 37.1 Å². The third-order valence-corrected chi connectivity index (χ3v) is 7.26. The number of allylic oxidation sites excluding steroid dienone is 1. The monoisotopic (exact) mass is 431 g/mol. The highest BCUT2D eigenvalue weighted by atomic mass is 16.5. The Bertz CT molecular complexity index is 685. The van der Waals surface area contributed by atoms with E-state index in [0.29, 0.717) is 25.3 Å². The van der Waals surface area contributed by atoms with Crippen LogP contribution in [0.2, 0.25) is 0 Å². The van der Waals surface area contributed by atoms with E-state index in [1.165, 1.54) is 17.7 Å². The molecule has 0 radical (unpaired) electrons. The fraction of sp³-hybridized carbons (Fsp3) is 0.692. The summed E-state index contributed by atoms with van der Waals surface area (Å²) in [5, 5.41) is 8.80. The molecule has 2 rings (SSSR count). The van der Waals surface area contributed by atoms with Crippen molar-refractivity contribution in [1.82, 2.24) is 4.90 Å². The number of ether oxygens (including phenoxy) is 1. The number of hydrogen-bond acceptors (Lipinski definition) is 4. The Labute approximate surface area is 188 Å². The molecule has 2 fully saturated rings. The fourth-order valence-corrected chi connectivity index (χ4v) is 5.16. The van der Waals surface area contributed by atoms with E-state index in [9.17, 15) is 9.59 Å². The predicted molar refractivity (Wildman–Crippen MR) is 124 cm³/mol. The average molecular weight is 432 g/mol. The average Bonchev–Trinajstić information content (AvgIpc) is 3.16. The van der Waals surface area contributed by atoms with Gasteiger partial charge >= 0.3 is 0 Å². The maximum absolute atomic E-state index is 13.3. The molecule has 1 heterocycles. The largest absolute Gasteiger partial charge is 0.493 e. The van der Waals surface area contributed by atoms with Gasteiger partial charge in [0, 0.05) is 18.6 Å². The molecule has 31 heavy (non-hydrogen) atoms. The summed E-state index contributed by atoms with van der Waals surface area (Å²) in [5.41, 5.74) is 0.198. The van der Waals surface area contributed by atoms with Crippen LogP contribution in [-0.4, -0.2) is 41.6 Å². The van der Waals surface area contributed by atoms with Crippen molar-refractivity contribution >= 4 is 11.8 Å². The fourth-order valence-electron chi connectivity index (χ4n) is 5.16. The molecule has 1 aliphatic heterocycles. The second-order valence-electron chi connectivity index (χ2n) is 9.41. The van der Waals surface area contributed by atoms with Crippen molar-refractivity contribution in [1.29, 1.82) is 0 Å². The Morgan fingerprint density at radius 2 is 1.68 bits per heavy atom. The van der Waals surface area contributed by atoms with E-state index in [4.69, 9.17) is 9.84 Å². The van der Waals surface area contributed by atoms with Gasteiger partial charge in [-0.25, -0.2) is 0 Å². The van der Waals surface area contributed by atoms with Gasteiger partial charge in [0.2, 0.25) is 11.8 Å². The third kappa shape index (κ3) is 5.68. The molecule has 0 spiro atoms. The van der Waals surface area contributed by atoms with E-state index in [0.717, 1.165) is 44.1 Å². The summed E-state index contributed by atoms with van der Waals surface area (Å²) in [6.07, 6.45) is 11.0. The van der Waals surface area contributed by atoms with Gasteiger partial charge in [0.25, 0.3) is 0 Å². The van der Waals surface area contributed by atoms with Crippen LogP contribution in [0.5, 0.6) is 0 Å². The van der Waals surface area contributed by atoms with E-state index in [1.807, 2.05) is 13.0 Å². The number of hydrogen-bond donors (Lipinski definition) is 1. The number of fused-ring (bicyclic) bond motifs is 1. The van der Waals surface area contributed by atoms with Gasteiger partial charge in [-0.1, -0.05) is 64.7 Å². The lowest BCUT2D eigenvalue weighted by molar-refractivity contribution is -0.142. The maximum atomic E-state index is 13.3. The van der Waals surface area contributed by atoms with Crippen LogP contribution in [0, 0.1) is 23.2 Å². The number of amides is 2. The standard InChI is InChI=1S/C26H41NO4/c1-6-26(18-31-21(5)19(2)3)20(4)17-22-23(26)25(30)27(24(22)29)15-13-11-9-7-8-10-12-14-16-28/h6,20,22-23,28H,1-2,5,7-18H2,3-4H3. The zero-order valence-corrected chi connectivity index (χ0v) is 19.5. The second kappa shape index (κ2) is 11.7. The summed E-state index contributed by atoms with van der Waals surface area (Å²) in [7, 11) is 0. The molecule has 2 aliphatic rings. The molecule has 174 valence electrons. The second-order valence-corrected chi connectivity index (χ2v) is 9.41. The molecule has 5 heteroatoms. The summed E-state index contributed by atoms with van der Waals surface area (Å²) in [4.78, 5) is 27.8. The maximum Gasteiger partial charge on any atom is 0.234 e. The van der Waals surface area contributed by atoms with Crippen LogP contribution in [0.4, 0.5) is 0 Å². The first-order valence-electron chi connectivity index (χ1n) is 11.9. The SMILES string of the molecule is C=CC1(COC(=C)C(=C)C)C(C)CC2C(=O)N(CCCCCCCCCCO)C(=O)C21. The van der Waals surface area contributed by atoms with Crippen molar-refractivity contribution < 1.29 is 19.4 Å². The number of imide groups is 1. The molecule has 0 aromatic rings. The molecule has 1 saturated heterocycles. The smallest absolute Gasteiger partial charge is 0.234 e. The Balaban J connectivity index is 1.90. The molecule has 1 saturated carbocycles.